The third-order valence-electron chi connectivity index (χ3n) is 6.05. The predicted molar refractivity (Wildman–Crippen MR) is 122 cm³/mol. The molecule has 8 nitrogen and oxygen atoms in total. The van der Waals surface area contributed by atoms with Gasteiger partial charge >= 0.3 is 0 Å². The van der Waals surface area contributed by atoms with E-state index in [1.165, 1.54) is 29.2 Å². The fraction of sp³-hybridized carbons (Fsp3) is 0.636. The first-order valence-electron chi connectivity index (χ1n) is 11.3. The Hall–Kier alpha value is -1.68. The predicted octanol–water partition coefficient (Wildman–Crippen LogP) is 2.46. The smallest absolute Gasteiger partial charge is 0.243 e. The molecule has 1 aromatic rings. The molecule has 1 aliphatic carbocycles. The van der Waals surface area contributed by atoms with Crippen LogP contribution in [0.3, 0.4) is 0 Å². The Morgan fingerprint density at radius 3 is 2.44 bits per heavy atom. The lowest BCUT2D eigenvalue weighted by Crippen LogP contribution is -2.55. The van der Waals surface area contributed by atoms with Crippen LogP contribution in [0.1, 0.15) is 51.9 Å². The van der Waals surface area contributed by atoms with Gasteiger partial charge in [0, 0.05) is 24.2 Å². The summed E-state index contributed by atoms with van der Waals surface area (Å²) in [6, 6.07) is 5.17. The van der Waals surface area contributed by atoms with Gasteiger partial charge in [-0.05, 0) is 56.4 Å². The fourth-order valence-corrected chi connectivity index (χ4v) is 5.38. The molecule has 2 amide bonds. The van der Waals surface area contributed by atoms with Gasteiger partial charge in [0.15, 0.2) is 0 Å². The molecule has 1 heterocycles. The fourth-order valence-electron chi connectivity index (χ4n) is 4.28. The third kappa shape index (κ3) is 6.66. The molecule has 2 aliphatic rings. The van der Waals surface area contributed by atoms with Gasteiger partial charge in [0.1, 0.15) is 6.04 Å². The van der Waals surface area contributed by atoms with Crippen LogP contribution in [-0.4, -0.2) is 63.0 Å². The Morgan fingerprint density at radius 2 is 1.84 bits per heavy atom. The summed E-state index contributed by atoms with van der Waals surface area (Å²) in [6.45, 7) is 2.30. The summed E-state index contributed by atoms with van der Waals surface area (Å²) in [7, 11) is -3.89. The van der Waals surface area contributed by atoms with Gasteiger partial charge in [0.2, 0.25) is 21.8 Å². The third-order valence-corrected chi connectivity index (χ3v) is 7.72. The Kier molecular flexibility index (Phi) is 8.93. The van der Waals surface area contributed by atoms with E-state index >= 15 is 0 Å². The first kappa shape index (κ1) is 25.0. The molecule has 178 valence electrons. The summed E-state index contributed by atoms with van der Waals surface area (Å²) in [5, 5.41) is 3.49. The van der Waals surface area contributed by atoms with E-state index in [-0.39, 0.29) is 29.5 Å². The highest BCUT2D eigenvalue weighted by atomic mass is 35.5. The van der Waals surface area contributed by atoms with Crippen LogP contribution in [0, 0.1) is 0 Å². The van der Waals surface area contributed by atoms with E-state index in [4.69, 9.17) is 16.3 Å². The molecule has 32 heavy (non-hydrogen) atoms. The van der Waals surface area contributed by atoms with Gasteiger partial charge in [-0.3, -0.25) is 9.59 Å². The zero-order chi connectivity index (χ0) is 23.1. The van der Waals surface area contributed by atoms with E-state index in [1.54, 1.807) is 0 Å². The summed E-state index contributed by atoms with van der Waals surface area (Å²) in [6.07, 6.45) is 6.06. The van der Waals surface area contributed by atoms with Crippen LogP contribution in [0.25, 0.3) is 0 Å². The maximum absolute atomic E-state index is 13.1. The zero-order valence-electron chi connectivity index (χ0n) is 18.4. The van der Waals surface area contributed by atoms with Crippen LogP contribution in [0.5, 0.6) is 0 Å². The molecule has 1 aliphatic heterocycles. The van der Waals surface area contributed by atoms with Crippen LogP contribution in [0.15, 0.2) is 29.2 Å². The van der Waals surface area contributed by atoms with Gasteiger partial charge in [-0.25, -0.2) is 13.1 Å². The van der Waals surface area contributed by atoms with Crippen LogP contribution in [-0.2, 0) is 24.3 Å². The highest BCUT2D eigenvalue weighted by molar-refractivity contribution is 7.89. The van der Waals surface area contributed by atoms with Crippen molar-refractivity contribution in [2.45, 2.75) is 75.0 Å². The average molecular weight is 486 g/mol. The van der Waals surface area contributed by atoms with Gasteiger partial charge in [-0.15, -0.1) is 0 Å². The van der Waals surface area contributed by atoms with Crippen molar-refractivity contribution in [1.82, 2.24) is 14.9 Å². The highest BCUT2D eigenvalue weighted by Gasteiger charge is 2.33. The van der Waals surface area contributed by atoms with Crippen molar-refractivity contribution < 1.29 is 22.7 Å². The molecular weight excluding hydrogens is 454 g/mol. The maximum atomic E-state index is 13.1. The number of rotatable bonds is 10. The van der Waals surface area contributed by atoms with Crippen molar-refractivity contribution in [3.63, 3.8) is 0 Å². The number of nitrogens with one attached hydrogen (secondary N) is 2. The van der Waals surface area contributed by atoms with Gasteiger partial charge in [-0.1, -0.05) is 31.4 Å². The van der Waals surface area contributed by atoms with Gasteiger partial charge in [0.25, 0.3) is 0 Å². The molecule has 0 unspecified atom stereocenters. The SMILES string of the molecule is CC[C@@H](C(=O)NC1CCCC1)N(C[C@H]1CCCO1)C(=O)CNS(=O)(=O)c1ccc(Cl)cc1. The zero-order valence-corrected chi connectivity index (χ0v) is 20.0. The minimum atomic E-state index is -3.89. The number of benzene rings is 1. The Balaban J connectivity index is 1.70. The van der Waals surface area contributed by atoms with E-state index in [2.05, 4.69) is 10.0 Å². The Morgan fingerprint density at radius 1 is 1.16 bits per heavy atom. The molecule has 0 bridgehead atoms. The number of carbonyl (C=O) groups excluding carboxylic acids is 2. The number of ether oxygens (including phenoxy) is 1. The van der Waals surface area contributed by atoms with Gasteiger partial charge in [-0.2, -0.15) is 0 Å². The molecule has 0 spiro atoms. The minimum absolute atomic E-state index is 0.0198. The van der Waals surface area contributed by atoms with Crippen LogP contribution < -0.4 is 10.0 Å². The van der Waals surface area contributed by atoms with E-state index in [0.717, 1.165) is 38.5 Å². The van der Waals surface area contributed by atoms with Crippen LogP contribution in [0.2, 0.25) is 5.02 Å². The summed E-state index contributed by atoms with van der Waals surface area (Å²) < 4.78 is 33.2. The number of nitrogens with zero attached hydrogens (tertiary/aromatic N) is 1. The quantitative estimate of drug-likeness (QED) is 0.529. The average Bonchev–Trinajstić information content (AvgIpc) is 3.46. The molecule has 0 aromatic heterocycles. The second kappa shape index (κ2) is 11.4. The second-order valence-electron chi connectivity index (χ2n) is 8.37. The first-order chi connectivity index (χ1) is 15.3. The molecule has 2 atom stereocenters. The van der Waals surface area contributed by atoms with E-state index in [1.807, 2.05) is 6.92 Å². The lowest BCUT2D eigenvalue weighted by atomic mass is 10.1. The summed E-state index contributed by atoms with van der Waals surface area (Å²) in [5.41, 5.74) is 0. The van der Waals surface area contributed by atoms with E-state index in [0.29, 0.717) is 18.1 Å². The molecule has 2 fully saturated rings. The monoisotopic (exact) mass is 485 g/mol. The van der Waals surface area contributed by atoms with Crippen molar-refractivity contribution in [3.05, 3.63) is 29.3 Å². The van der Waals surface area contributed by atoms with Crippen LogP contribution >= 0.6 is 11.6 Å². The number of amides is 2. The van der Waals surface area contributed by atoms with Gasteiger partial charge in [0.05, 0.1) is 17.5 Å². The Labute approximate surface area is 195 Å². The highest BCUT2D eigenvalue weighted by Crippen LogP contribution is 2.20. The molecule has 1 saturated heterocycles. The number of sulfonamides is 1. The molecule has 10 heteroatoms. The number of hydrogen-bond acceptors (Lipinski definition) is 5. The topological polar surface area (TPSA) is 105 Å². The Bertz CT molecular complexity index is 881. The van der Waals surface area contributed by atoms with Gasteiger partial charge < -0.3 is 15.0 Å². The van der Waals surface area contributed by atoms with E-state index < -0.39 is 28.5 Å². The minimum Gasteiger partial charge on any atom is -0.376 e. The number of carbonyl (C=O) groups is 2. The summed E-state index contributed by atoms with van der Waals surface area (Å²) >= 11 is 5.83. The summed E-state index contributed by atoms with van der Waals surface area (Å²) in [4.78, 5) is 27.7. The lowest BCUT2D eigenvalue weighted by molar-refractivity contribution is -0.141. The van der Waals surface area contributed by atoms with Crippen molar-refractivity contribution >= 4 is 33.4 Å². The summed E-state index contributed by atoms with van der Waals surface area (Å²) in [5.74, 6) is -0.641. The number of hydrogen-bond donors (Lipinski definition) is 2. The van der Waals surface area contributed by atoms with Crippen molar-refractivity contribution in [3.8, 4) is 0 Å². The van der Waals surface area contributed by atoms with E-state index in [9.17, 15) is 18.0 Å². The maximum Gasteiger partial charge on any atom is 0.243 e. The van der Waals surface area contributed by atoms with Crippen molar-refractivity contribution in [2.75, 3.05) is 19.7 Å². The molecule has 3 rings (SSSR count). The standard InChI is InChI=1S/C22H32ClN3O5S/c1-2-20(22(28)25-17-6-3-4-7-17)26(15-18-8-5-13-31-18)21(27)14-24-32(29,30)19-11-9-16(23)10-12-19/h9-12,17-18,20,24H,2-8,13-15H2,1H3,(H,25,28)/t18-,20+/m1/s1. The second-order valence-corrected chi connectivity index (χ2v) is 10.6. The lowest BCUT2D eigenvalue weighted by Gasteiger charge is -2.33. The number of halogens is 1. The molecule has 1 aromatic carbocycles. The molecule has 0 radical (unpaired) electrons. The normalized spacial score (nSPS) is 20.2. The first-order valence-corrected chi connectivity index (χ1v) is 13.1. The molecular formula is C22H32ClN3O5S. The molecule has 1 saturated carbocycles. The van der Waals surface area contributed by atoms with Crippen LogP contribution in [0.4, 0.5) is 0 Å². The molecule has 2 N–H and O–H groups in total. The van der Waals surface area contributed by atoms with Crippen molar-refractivity contribution in [2.24, 2.45) is 0 Å². The largest absolute Gasteiger partial charge is 0.376 e. The van der Waals surface area contributed by atoms with Crippen molar-refractivity contribution in [1.29, 1.82) is 0 Å².